The summed E-state index contributed by atoms with van der Waals surface area (Å²) in [5.41, 5.74) is 4.01. The second-order valence-corrected chi connectivity index (χ2v) is 8.84. The van der Waals surface area contributed by atoms with Crippen LogP contribution in [0.1, 0.15) is 38.3 Å². The van der Waals surface area contributed by atoms with Crippen molar-refractivity contribution < 1.29 is 9.59 Å². The fourth-order valence-corrected chi connectivity index (χ4v) is 3.86. The van der Waals surface area contributed by atoms with E-state index in [-0.39, 0.29) is 11.8 Å². The predicted octanol–water partition coefficient (Wildman–Crippen LogP) is 4.88. The molecule has 0 aliphatic carbocycles. The highest BCUT2D eigenvalue weighted by molar-refractivity contribution is 6.32. The molecule has 3 rings (SSSR count). The molecule has 2 aromatic rings. The maximum absolute atomic E-state index is 13.2. The van der Waals surface area contributed by atoms with Gasteiger partial charge in [-0.15, -0.1) is 0 Å². The third-order valence-electron chi connectivity index (χ3n) is 5.97. The molecule has 0 fully saturated rings. The van der Waals surface area contributed by atoms with Crippen LogP contribution in [0, 0.1) is 11.8 Å². The number of nitrogens with zero attached hydrogens (tertiary/aromatic N) is 2. The Kier molecular flexibility index (Phi) is 7.99. The van der Waals surface area contributed by atoms with Crippen LogP contribution in [0.4, 0.5) is 5.69 Å². The molecule has 1 heterocycles. The van der Waals surface area contributed by atoms with Crippen molar-refractivity contribution in [3.63, 3.8) is 0 Å². The van der Waals surface area contributed by atoms with Crippen molar-refractivity contribution >= 4 is 35.2 Å². The molecule has 1 aliphatic rings. The molecule has 0 saturated heterocycles. The fourth-order valence-electron chi connectivity index (χ4n) is 3.69. The summed E-state index contributed by atoms with van der Waals surface area (Å²) in [5.74, 6) is 0.439. The number of aldehydes is 1. The number of carbonyl (C=O) groups excluding carboxylic acids is 2. The Bertz CT molecular complexity index is 1030. The van der Waals surface area contributed by atoms with E-state index in [9.17, 15) is 9.59 Å². The second kappa shape index (κ2) is 10.7. The Hall–Kier alpha value is -2.76. The van der Waals surface area contributed by atoms with Crippen LogP contribution in [0.3, 0.4) is 0 Å². The van der Waals surface area contributed by atoms with Crippen LogP contribution in [-0.2, 0) is 9.59 Å². The van der Waals surface area contributed by atoms with Crippen molar-refractivity contribution in [3.8, 4) is 0 Å². The summed E-state index contributed by atoms with van der Waals surface area (Å²) in [7, 11) is 1.75. The minimum atomic E-state index is -0.739. The number of aliphatic imine (C=N–C) groups is 1. The van der Waals surface area contributed by atoms with Crippen LogP contribution in [-0.4, -0.2) is 37.7 Å². The van der Waals surface area contributed by atoms with E-state index >= 15 is 0 Å². The van der Waals surface area contributed by atoms with Gasteiger partial charge < -0.3 is 4.90 Å². The molecule has 2 atom stereocenters. The van der Waals surface area contributed by atoms with E-state index in [4.69, 9.17) is 16.6 Å². The van der Waals surface area contributed by atoms with Crippen LogP contribution in [0.15, 0.2) is 65.2 Å². The van der Waals surface area contributed by atoms with Crippen molar-refractivity contribution in [1.82, 2.24) is 5.32 Å². The second-order valence-electron chi connectivity index (χ2n) is 8.40. The number of amides is 1. The summed E-state index contributed by atoms with van der Waals surface area (Å²) < 4.78 is 0. The molecule has 1 unspecified atom stereocenters. The first-order valence-corrected chi connectivity index (χ1v) is 11.3. The molecule has 0 saturated carbocycles. The van der Waals surface area contributed by atoms with E-state index in [1.807, 2.05) is 48.5 Å². The lowest BCUT2D eigenvalue weighted by atomic mass is 9.90. The average molecular weight is 452 g/mol. The smallest absolute Gasteiger partial charge is 0.266 e. The molecule has 6 heteroatoms. The molecule has 1 aliphatic heterocycles. The largest absolute Gasteiger partial charge is 0.312 e. The van der Waals surface area contributed by atoms with Gasteiger partial charge in [-0.05, 0) is 42.0 Å². The number of nitrogens with one attached hydrogen (secondary N) is 1. The molecular weight excluding hydrogens is 422 g/mol. The molecule has 0 bridgehead atoms. The van der Waals surface area contributed by atoms with Crippen LogP contribution in [0.2, 0.25) is 5.02 Å². The van der Waals surface area contributed by atoms with Gasteiger partial charge in [-0.25, -0.2) is 0 Å². The van der Waals surface area contributed by atoms with Crippen LogP contribution >= 0.6 is 11.6 Å². The zero-order valence-electron chi connectivity index (χ0n) is 19.0. The zero-order chi connectivity index (χ0) is 23.3. The standard InChI is InChI=1S/C26H30ClN3O2/c1-17(2)18(3)20(16-31)11-8-14-28-25-26(32)30(4)23-13-12-21(27)15-22(23)24(29-25)19-9-6-5-7-10-19/h5-7,9-13,15-18,25,28H,8,14H2,1-4H3/t18?,25-/m1/s1. The van der Waals surface area contributed by atoms with Crippen molar-refractivity contribution in [2.45, 2.75) is 33.4 Å². The zero-order valence-corrected chi connectivity index (χ0v) is 19.8. The van der Waals surface area contributed by atoms with Crippen molar-refractivity contribution in [2.75, 3.05) is 18.5 Å². The monoisotopic (exact) mass is 451 g/mol. The number of benzodiazepines with no additional fused rings is 1. The highest BCUT2D eigenvalue weighted by atomic mass is 35.5. The average Bonchev–Trinajstić information content (AvgIpc) is 2.89. The van der Waals surface area contributed by atoms with E-state index in [2.05, 4.69) is 26.1 Å². The Morgan fingerprint density at radius 1 is 1.19 bits per heavy atom. The number of hydrogen-bond acceptors (Lipinski definition) is 4. The maximum Gasteiger partial charge on any atom is 0.266 e. The minimum Gasteiger partial charge on any atom is -0.312 e. The molecule has 0 aromatic heterocycles. The van der Waals surface area contributed by atoms with Gasteiger partial charge in [0.1, 0.15) is 6.29 Å². The first kappa shape index (κ1) is 23.9. The first-order chi connectivity index (χ1) is 15.3. The number of hydrogen-bond donors (Lipinski definition) is 1. The van der Waals surface area contributed by atoms with E-state index in [0.29, 0.717) is 23.9 Å². The Balaban J connectivity index is 1.89. The lowest BCUT2D eigenvalue weighted by Gasteiger charge is -2.21. The van der Waals surface area contributed by atoms with E-state index in [0.717, 1.165) is 34.4 Å². The summed E-state index contributed by atoms with van der Waals surface area (Å²) in [6.45, 7) is 6.78. The van der Waals surface area contributed by atoms with Gasteiger partial charge in [0.2, 0.25) is 0 Å². The van der Waals surface area contributed by atoms with Gasteiger partial charge >= 0.3 is 0 Å². The molecule has 0 spiro atoms. The molecule has 1 N–H and O–H groups in total. The number of carbonyl (C=O) groups is 2. The number of likely N-dealkylation sites (N-methyl/N-ethyl adjacent to an activating group) is 1. The third-order valence-corrected chi connectivity index (χ3v) is 6.20. The van der Waals surface area contributed by atoms with Gasteiger partial charge in [0.25, 0.3) is 5.91 Å². The quantitative estimate of drug-likeness (QED) is 0.353. The van der Waals surface area contributed by atoms with Crippen molar-refractivity contribution in [2.24, 2.45) is 16.8 Å². The fraction of sp³-hybridized carbons (Fsp3) is 0.346. The van der Waals surface area contributed by atoms with Gasteiger partial charge in [0.05, 0.1) is 11.4 Å². The number of rotatable bonds is 8. The molecule has 2 aromatic carbocycles. The number of fused-ring (bicyclic) bond motifs is 1. The molecule has 32 heavy (non-hydrogen) atoms. The van der Waals surface area contributed by atoms with Gasteiger partial charge in [-0.1, -0.05) is 68.8 Å². The summed E-state index contributed by atoms with van der Waals surface area (Å²) >= 11 is 6.29. The lowest BCUT2D eigenvalue weighted by molar-refractivity contribution is -0.120. The third kappa shape index (κ3) is 5.34. The van der Waals surface area contributed by atoms with E-state index < -0.39 is 6.17 Å². The Labute approximate surface area is 195 Å². The Morgan fingerprint density at radius 2 is 1.91 bits per heavy atom. The topological polar surface area (TPSA) is 61.8 Å². The van der Waals surface area contributed by atoms with Gasteiger partial charge in [0, 0.05) is 29.7 Å². The molecular formula is C26H30ClN3O2. The molecule has 1 amide bonds. The minimum absolute atomic E-state index is 0.144. The normalized spacial score (nSPS) is 17.6. The van der Waals surface area contributed by atoms with E-state index in [1.165, 1.54) is 0 Å². The summed E-state index contributed by atoms with van der Waals surface area (Å²) in [6.07, 6.45) is 2.78. The Morgan fingerprint density at radius 3 is 2.56 bits per heavy atom. The van der Waals surface area contributed by atoms with E-state index in [1.54, 1.807) is 18.0 Å². The van der Waals surface area contributed by atoms with Gasteiger partial charge in [-0.2, -0.15) is 0 Å². The molecule has 0 radical (unpaired) electrons. The first-order valence-electron chi connectivity index (χ1n) is 10.9. The van der Waals surface area contributed by atoms with Gasteiger partial charge in [0.15, 0.2) is 6.17 Å². The SMILES string of the molecule is CC(C)C(C)C(C=O)=CCCN[C@@H]1N=C(c2ccccc2)c2cc(Cl)ccc2N(C)C1=O. The summed E-state index contributed by atoms with van der Waals surface area (Å²) in [6, 6.07) is 15.3. The lowest BCUT2D eigenvalue weighted by Crippen LogP contribution is -2.43. The highest BCUT2D eigenvalue weighted by Gasteiger charge is 2.29. The number of anilines is 1. The number of benzene rings is 2. The van der Waals surface area contributed by atoms with Crippen molar-refractivity contribution in [3.05, 3.63) is 76.3 Å². The predicted molar refractivity (Wildman–Crippen MR) is 131 cm³/mol. The molecule has 168 valence electrons. The van der Waals surface area contributed by atoms with Crippen molar-refractivity contribution in [1.29, 1.82) is 0 Å². The van der Waals surface area contributed by atoms with Crippen LogP contribution in [0.25, 0.3) is 0 Å². The maximum atomic E-state index is 13.2. The summed E-state index contributed by atoms with van der Waals surface area (Å²) in [5, 5.41) is 3.85. The molecule has 5 nitrogen and oxygen atoms in total. The summed E-state index contributed by atoms with van der Waals surface area (Å²) in [4.78, 5) is 31.1. The van der Waals surface area contributed by atoms with Crippen LogP contribution in [0.5, 0.6) is 0 Å². The number of halogens is 1. The highest BCUT2D eigenvalue weighted by Crippen LogP contribution is 2.29. The van der Waals surface area contributed by atoms with Gasteiger partial charge in [-0.3, -0.25) is 19.9 Å². The van der Waals surface area contributed by atoms with Crippen LogP contribution < -0.4 is 10.2 Å². The number of allylic oxidation sites excluding steroid dienone is 1.